The lowest BCUT2D eigenvalue weighted by Gasteiger charge is -2.27. The highest BCUT2D eigenvalue weighted by Crippen LogP contribution is 2.31. The summed E-state index contributed by atoms with van der Waals surface area (Å²) in [5.74, 6) is -0.839. The number of ether oxygens (including phenoxy) is 1. The van der Waals surface area contributed by atoms with Crippen molar-refractivity contribution in [1.29, 1.82) is 0 Å². The van der Waals surface area contributed by atoms with Crippen LogP contribution in [0.3, 0.4) is 0 Å². The van der Waals surface area contributed by atoms with Gasteiger partial charge in [0.2, 0.25) is 5.91 Å². The molecular weight excluding hydrogens is 229 g/mol. The number of aliphatic hydroxyl groups excluding tert-OH is 1. The monoisotopic (exact) mass is 241 g/mol. The van der Waals surface area contributed by atoms with E-state index in [4.69, 9.17) is 9.84 Å². The maximum Gasteiger partial charge on any atom is 0.236 e. The Morgan fingerprint density at radius 1 is 1.59 bits per heavy atom. The van der Waals surface area contributed by atoms with Gasteiger partial charge in [-0.25, -0.2) is 4.39 Å². The van der Waals surface area contributed by atoms with E-state index in [-0.39, 0.29) is 24.4 Å². The average Bonchev–Trinajstić information content (AvgIpc) is 2.57. The van der Waals surface area contributed by atoms with Crippen LogP contribution in [0.2, 0.25) is 0 Å². The van der Waals surface area contributed by atoms with Gasteiger partial charge in [-0.15, -0.1) is 0 Å². The normalized spacial score (nSPS) is 33.6. The topological polar surface area (TPSA) is 66.8 Å². The van der Waals surface area contributed by atoms with Crippen LogP contribution >= 0.6 is 0 Å². The summed E-state index contributed by atoms with van der Waals surface area (Å²) in [5, 5.41) is 8.95. The zero-order chi connectivity index (χ0) is 12.6. The van der Waals surface area contributed by atoms with E-state index in [0.717, 1.165) is 4.90 Å². The van der Waals surface area contributed by atoms with Crippen LogP contribution in [0.5, 0.6) is 0 Å². The molecule has 0 aromatic heterocycles. The molecule has 1 saturated heterocycles. The van der Waals surface area contributed by atoms with Gasteiger partial charge in [0.1, 0.15) is 6.10 Å². The molecule has 1 amide bonds. The van der Waals surface area contributed by atoms with Gasteiger partial charge in [-0.05, 0) is 11.6 Å². The van der Waals surface area contributed by atoms with Crippen molar-refractivity contribution in [1.82, 2.24) is 4.90 Å². The molecule has 2 aliphatic heterocycles. The second-order valence-electron chi connectivity index (χ2n) is 3.93. The van der Waals surface area contributed by atoms with Gasteiger partial charge >= 0.3 is 0 Å². The van der Waals surface area contributed by atoms with Crippen molar-refractivity contribution >= 4 is 11.7 Å². The number of nitrogens with zero attached hydrogens (tertiary/aromatic N) is 1. The van der Waals surface area contributed by atoms with Gasteiger partial charge in [0, 0.05) is 6.20 Å². The first-order chi connectivity index (χ1) is 8.04. The maximum atomic E-state index is 13.8. The minimum absolute atomic E-state index is 0.107. The number of carbonyl (C=O) groups is 2. The fourth-order valence-electron chi connectivity index (χ4n) is 1.82. The molecule has 0 saturated carbocycles. The van der Waals surface area contributed by atoms with Crippen molar-refractivity contribution < 1.29 is 23.8 Å². The Hall–Kier alpha value is -1.53. The minimum atomic E-state index is -1.56. The fraction of sp³-hybridized carbons (Fsp3) is 0.455. The highest BCUT2D eigenvalue weighted by molar-refractivity contribution is 6.06. The van der Waals surface area contributed by atoms with E-state index in [9.17, 15) is 14.0 Å². The summed E-state index contributed by atoms with van der Waals surface area (Å²) in [6.45, 7) is 3.10. The third kappa shape index (κ3) is 2.01. The third-order valence-electron chi connectivity index (χ3n) is 2.80. The second-order valence-corrected chi connectivity index (χ2v) is 3.93. The third-order valence-corrected chi connectivity index (χ3v) is 2.80. The average molecular weight is 241 g/mol. The molecule has 0 aliphatic carbocycles. The van der Waals surface area contributed by atoms with Crippen LogP contribution in [-0.2, 0) is 14.3 Å². The number of halogens is 1. The molecule has 0 spiro atoms. The standard InChI is InChI=1S/C11H12FNO4/c1-6-8(5-14)17-11(10(6)12)13-3-2-7(15)4-9(13)16/h2-3,8,10-11,14H,1,4-5H2/t8-,10-,11-/m0/s1. The molecule has 0 unspecified atom stereocenters. The summed E-state index contributed by atoms with van der Waals surface area (Å²) < 4.78 is 19.0. The Balaban J connectivity index is 2.19. The predicted octanol–water partition coefficient (Wildman–Crippen LogP) is -0.0870. The van der Waals surface area contributed by atoms with Crippen molar-refractivity contribution in [2.45, 2.75) is 24.9 Å². The molecule has 2 aliphatic rings. The second kappa shape index (κ2) is 4.38. The number of alkyl halides is 1. The first-order valence-electron chi connectivity index (χ1n) is 5.16. The molecule has 0 aromatic carbocycles. The Bertz CT molecular complexity index is 406. The summed E-state index contributed by atoms with van der Waals surface area (Å²) >= 11 is 0. The van der Waals surface area contributed by atoms with Crippen LogP contribution in [0.1, 0.15) is 6.42 Å². The number of hydrogen-bond acceptors (Lipinski definition) is 4. The van der Waals surface area contributed by atoms with Crippen molar-refractivity contribution in [3.05, 3.63) is 24.4 Å². The van der Waals surface area contributed by atoms with Crippen molar-refractivity contribution in [2.75, 3.05) is 6.61 Å². The molecule has 2 heterocycles. The summed E-state index contributed by atoms with van der Waals surface area (Å²) in [7, 11) is 0. The number of amides is 1. The molecule has 2 rings (SSSR count). The lowest BCUT2D eigenvalue weighted by molar-refractivity contribution is -0.146. The fourth-order valence-corrected chi connectivity index (χ4v) is 1.82. The Morgan fingerprint density at radius 3 is 2.82 bits per heavy atom. The van der Waals surface area contributed by atoms with Gasteiger partial charge in [-0.1, -0.05) is 6.58 Å². The first kappa shape index (κ1) is 11.9. The minimum Gasteiger partial charge on any atom is -0.393 e. The van der Waals surface area contributed by atoms with Gasteiger partial charge in [0.05, 0.1) is 13.0 Å². The number of carbonyl (C=O) groups excluding carboxylic acids is 2. The molecular formula is C11H12FNO4. The van der Waals surface area contributed by atoms with Crippen LogP contribution in [-0.4, -0.2) is 46.8 Å². The Morgan fingerprint density at radius 2 is 2.29 bits per heavy atom. The maximum absolute atomic E-state index is 13.8. The van der Waals surface area contributed by atoms with E-state index in [1.165, 1.54) is 12.3 Å². The Kier molecular flexibility index (Phi) is 3.08. The molecule has 0 aromatic rings. The van der Waals surface area contributed by atoms with E-state index in [1.54, 1.807) is 0 Å². The summed E-state index contributed by atoms with van der Waals surface area (Å²) in [6.07, 6.45) is -1.40. The molecule has 17 heavy (non-hydrogen) atoms. The van der Waals surface area contributed by atoms with Gasteiger partial charge in [0.25, 0.3) is 0 Å². The highest BCUT2D eigenvalue weighted by Gasteiger charge is 2.44. The van der Waals surface area contributed by atoms with Crippen molar-refractivity contribution in [3.63, 3.8) is 0 Å². The summed E-state index contributed by atoms with van der Waals surface area (Å²) in [6, 6.07) is 0. The van der Waals surface area contributed by atoms with Crippen LogP contribution in [0.25, 0.3) is 0 Å². The lowest BCUT2D eigenvalue weighted by Crippen LogP contribution is -2.43. The molecule has 5 nitrogen and oxygen atoms in total. The number of rotatable bonds is 2. The van der Waals surface area contributed by atoms with Crippen LogP contribution < -0.4 is 0 Å². The molecule has 0 bridgehead atoms. The first-order valence-corrected chi connectivity index (χ1v) is 5.16. The number of allylic oxidation sites excluding steroid dienone is 1. The van der Waals surface area contributed by atoms with Gasteiger partial charge in [-0.3, -0.25) is 14.5 Å². The van der Waals surface area contributed by atoms with E-state index in [2.05, 4.69) is 6.58 Å². The molecule has 3 atom stereocenters. The smallest absolute Gasteiger partial charge is 0.236 e. The zero-order valence-electron chi connectivity index (χ0n) is 9.01. The van der Waals surface area contributed by atoms with E-state index >= 15 is 0 Å². The van der Waals surface area contributed by atoms with Crippen molar-refractivity contribution in [3.8, 4) is 0 Å². The molecule has 92 valence electrons. The zero-order valence-corrected chi connectivity index (χ0v) is 9.01. The Labute approximate surface area is 97.2 Å². The van der Waals surface area contributed by atoms with E-state index < -0.39 is 24.4 Å². The number of hydrogen-bond donors (Lipinski definition) is 1. The highest BCUT2D eigenvalue weighted by atomic mass is 19.1. The molecule has 1 N–H and O–H groups in total. The predicted molar refractivity (Wildman–Crippen MR) is 55.4 cm³/mol. The van der Waals surface area contributed by atoms with Crippen LogP contribution in [0.4, 0.5) is 4.39 Å². The molecule has 0 radical (unpaired) electrons. The van der Waals surface area contributed by atoms with Crippen molar-refractivity contribution in [2.24, 2.45) is 0 Å². The lowest BCUT2D eigenvalue weighted by atomic mass is 10.1. The summed E-state index contributed by atoms with van der Waals surface area (Å²) in [5.41, 5.74) is 0.107. The molecule has 1 fully saturated rings. The van der Waals surface area contributed by atoms with Gasteiger partial charge in [0.15, 0.2) is 18.2 Å². The van der Waals surface area contributed by atoms with Gasteiger partial charge < -0.3 is 9.84 Å². The van der Waals surface area contributed by atoms with E-state index in [1.807, 2.05) is 0 Å². The van der Waals surface area contributed by atoms with Crippen LogP contribution in [0, 0.1) is 0 Å². The quantitative estimate of drug-likeness (QED) is 0.542. The number of aliphatic hydroxyl groups is 1. The van der Waals surface area contributed by atoms with E-state index in [0.29, 0.717) is 0 Å². The SMILES string of the molecule is C=C1[C@H](CO)O[C@H](N2C=CC(=O)CC2=O)[C@H]1F. The molecule has 6 heteroatoms. The number of ketones is 1. The summed E-state index contributed by atoms with van der Waals surface area (Å²) in [4.78, 5) is 23.6. The van der Waals surface area contributed by atoms with Crippen LogP contribution in [0.15, 0.2) is 24.4 Å². The largest absolute Gasteiger partial charge is 0.393 e. The van der Waals surface area contributed by atoms with Gasteiger partial charge in [-0.2, -0.15) is 0 Å².